The van der Waals surface area contributed by atoms with Gasteiger partial charge in [-0.3, -0.25) is 4.99 Å². The van der Waals surface area contributed by atoms with E-state index in [1.54, 1.807) is 7.05 Å². The van der Waals surface area contributed by atoms with E-state index >= 15 is 0 Å². The minimum Gasteiger partial charge on any atom is -0.444 e. The number of aliphatic imine (C=N–C) groups is 1. The second kappa shape index (κ2) is 10.5. The van der Waals surface area contributed by atoms with E-state index in [0.29, 0.717) is 12.5 Å². The van der Waals surface area contributed by atoms with Crippen molar-refractivity contribution >= 4 is 12.1 Å². The molecule has 0 radical (unpaired) electrons. The first kappa shape index (κ1) is 21.5. The summed E-state index contributed by atoms with van der Waals surface area (Å²) >= 11 is 0. The van der Waals surface area contributed by atoms with E-state index in [0.717, 1.165) is 45.0 Å². The molecular formula is C18H36N4O3. The predicted molar refractivity (Wildman–Crippen MR) is 101 cm³/mol. The van der Waals surface area contributed by atoms with Gasteiger partial charge in [-0.15, -0.1) is 0 Å². The number of hydrogen-bond donors (Lipinski definition) is 2. The smallest absolute Gasteiger partial charge is 0.407 e. The molecule has 1 aliphatic heterocycles. The maximum absolute atomic E-state index is 12.0. The van der Waals surface area contributed by atoms with E-state index in [4.69, 9.17) is 9.47 Å². The Bertz CT molecular complexity index is 429. The van der Waals surface area contributed by atoms with Crippen LogP contribution in [0.4, 0.5) is 4.79 Å². The SMILES string of the molecule is CCCC(CNC(=NC)N(C)CC1CCOC1)NC(=O)OC(C)(C)C. The summed E-state index contributed by atoms with van der Waals surface area (Å²) in [4.78, 5) is 18.5. The maximum atomic E-state index is 12.0. The van der Waals surface area contributed by atoms with E-state index in [1.807, 2.05) is 27.8 Å². The molecule has 1 fully saturated rings. The first-order chi connectivity index (χ1) is 11.7. The molecule has 1 rings (SSSR count). The van der Waals surface area contributed by atoms with Gasteiger partial charge in [-0.05, 0) is 33.6 Å². The fraction of sp³-hybridized carbons (Fsp3) is 0.889. The Morgan fingerprint density at radius 2 is 2.16 bits per heavy atom. The van der Waals surface area contributed by atoms with Crippen molar-refractivity contribution in [1.29, 1.82) is 0 Å². The van der Waals surface area contributed by atoms with E-state index in [9.17, 15) is 4.79 Å². The molecule has 0 saturated carbocycles. The Kier molecular flexibility index (Phi) is 9.03. The lowest BCUT2D eigenvalue weighted by molar-refractivity contribution is 0.0502. The lowest BCUT2D eigenvalue weighted by Gasteiger charge is -2.27. The minimum atomic E-state index is -0.492. The topological polar surface area (TPSA) is 75.2 Å². The van der Waals surface area contributed by atoms with Gasteiger partial charge in [0.05, 0.1) is 6.61 Å². The second-order valence-electron chi connectivity index (χ2n) is 7.67. The molecule has 7 heteroatoms. The summed E-state index contributed by atoms with van der Waals surface area (Å²) < 4.78 is 10.8. The first-order valence-corrected chi connectivity index (χ1v) is 9.24. The van der Waals surface area contributed by atoms with Gasteiger partial charge in [-0.2, -0.15) is 0 Å². The summed E-state index contributed by atoms with van der Waals surface area (Å²) in [6, 6.07) is -0.000172. The van der Waals surface area contributed by atoms with Crippen LogP contribution in [0.15, 0.2) is 4.99 Å². The van der Waals surface area contributed by atoms with Gasteiger partial charge in [0.1, 0.15) is 5.60 Å². The van der Waals surface area contributed by atoms with Crippen molar-refractivity contribution < 1.29 is 14.3 Å². The lowest BCUT2D eigenvalue weighted by atomic mass is 10.1. The summed E-state index contributed by atoms with van der Waals surface area (Å²) in [6.45, 7) is 10.9. The highest BCUT2D eigenvalue weighted by atomic mass is 16.6. The van der Waals surface area contributed by atoms with Crippen molar-refractivity contribution in [3.63, 3.8) is 0 Å². The first-order valence-electron chi connectivity index (χ1n) is 9.24. The van der Waals surface area contributed by atoms with E-state index in [2.05, 4.69) is 27.4 Å². The number of rotatable bonds is 7. The van der Waals surface area contributed by atoms with Crippen LogP contribution in [0.1, 0.15) is 47.0 Å². The number of nitrogens with zero attached hydrogens (tertiary/aromatic N) is 2. The summed E-state index contributed by atoms with van der Waals surface area (Å²) in [5.74, 6) is 1.38. The van der Waals surface area contributed by atoms with Crippen LogP contribution in [0.5, 0.6) is 0 Å². The highest BCUT2D eigenvalue weighted by molar-refractivity contribution is 5.79. The molecule has 0 bridgehead atoms. The van der Waals surface area contributed by atoms with Gasteiger partial charge in [0.2, 0.25) is 0 Å². The number of alkyl carbamates (subject to hydrolysis) is 1. The number of hydrogen-bond acceptors (Lipinski definition) is 4. The fourth-order valence-electron chi connectivity index (χ4n) is 2.85. The molecule has 1 aliphatic rings. The molecule has 25 heavy (non-hydrogen) atoms. The Hall–Kier alpha value is -1.50. The van der Waals surface area contributed by atoms with Gasteiger partial charge < -0.3 is 25.0 Å². The molecule has 0 spiro atoms. The average Bonchev–Trinajstić information content (AvgIpc) is 2.98. The molecule has 2 N–H and O–H groups in total. The van der Waals surface area contributed by atoms with Crippen molar-refractivity contribution in [3.8, 4) is 0 Å². The van der Waals surface area contributed by atoms with Gasteiger partial charge in [-0.1, -0.05) is 13.3 Å². The fourth-order valence-corrected chi connectivity index (χ4v) is 2.85. The zero-order valence-corrected chi connectivity index (χ0v) is 16.7. The second-order valence-corrected chi connectivity index (χ2v) is 7.67. The molecule has 1 amide bonds. The van der Waals surface area contributed by atoms with Crippen molar-refractivity contribution in [1.82, 2.24) is 15.5 Å². The van der Waals surface area contributed by atoms with Crippen LogP contribution in [-0.2, 0) is 9.47 Å². The summed E-state index contributed by atoms with van der Waals surface area (Å²) in [5.41, 5.74) is -0.492. The molecule has 1 saturated heterocycles. The number of ether oxygens (including phenoxy) is 2. The predicted octanol–water partition coefficient (Wildman–Crippen LogP) is 2.22. The van der Waals surface area contributed by atoms with Gasteiger partial charge >= 0.3 is 6.09 Å². The summed E-state index contributed by atoms with van der Waals surface area (Å²) in [5, 5.41) is 6.31. The molecule has 2 unspecified atom stereocenters. The highest BCUT2D eigenvalue weighted by Crippen LogP contribution is 2.13. The number of carbonyl (C=O) groups is 1. The maximum Gasteiger partial charge on any atom is 0.407 e. The quantitative estimate of drug-likeness (QED) is 0.540. The number of nitrogens with one attached hydrogen (secondary N) is 2. The molecule has 7 nitrogen and oxygen atoms in total. The zero-order chi connectivity index (χ0) is 18.9. The Morgan fingerprint density at radius 3 is 2.68 bits per heavy atom. The average molecular weight is 357 g/mol. The molecule has 0 aromatic carbocycles. The van der Waals surface area contributed by atoms with Gasteiger partial charge in [-0.25, -0.2) is 4.79 Å². The number of carbonyl (C=O) groups excluding carboxylic acids is 1. The third-order valence-corrected chi connectivity index (χ3v) is 3.99. The van der Waals surface area contributed by atoms with Crippen molar-refractivity contribution in [3.05, 3.63) is 0 Å². The van der Waals surface area contributed by atoms with Gasteiger partial charge in [0.15, 0.2) is 5.96 Å². The van der Waals surface area contributed by atoms with E-state index < -0.39 is 5.60 Å². The van der Waals surface area contributed by atoms with Crippen LogP contribution >= 0.6 is 0 Å². The summed E-state index contributed by atoms with van der Waals surface area (Å²) in [7, 11) is 3.81. The molecule has 0 aromatic rings. The van der Waals surface area contributed by atoms with Gasteiger partial charge in [0.25, 0.3) is 0 Å². The molecule has 2 atom stereocenters. The van der Waals surface area contributed by atoms with Crippen molar-refractivity contribution in [2.45, 2.75) is 58.6 Å². The summed E-state index contributed by atoms with van der Waals surface area (Å²) in [6.07, 6.45) is 2.58. The zero-order valence-electron chi connectivity index (χ0n) is 16.7. The Morgan fingerprint density at radius 1 is 1.44 bits per heavy atom. The van der Waals surface area contributed by atoms with Crippen LogP contribution in [-0.4, -0.2) is 69.0 Å². The van der Waals surface area contributed by atoms with Gasteiger partial charge in [0, 0.05) is 45.8 Å². The third kappa shape index (κ3) is 8.95. The third-order valence-electron chi connectivity index (χ3n) is 3.99. The van der Waals surface area contributed by atoms with Crippen LogP contribution in [0.25, 0.3) is 0 Å². The Labute approximate surface area is 152 Å². The normalized spacial score (nSPS) is 19.4. The molecule has 1 heterocycles. The number of amides is 1. The van der Waals surface area contributed by atoms with Crippen LogP contribution in [0.3, 0.4) is 0 Å². The standard InChI is InChI=1S/C18H36N4O3/c1-7-8-15(21-17(23)25-18(2,3)4)11-20-16(19-5)22(6)12-14-9-10-24-13-14/h14-15H,7-13H2,1-6H3,(H,19,20)(H,21,23). The van der Waals surface area contributed by atoms with Crippen LogP contribution in [0, 0.1) is 5.92 Å². The lowest BCUT2D eigenvalue weighted by Crippen LogP contribution is -2.49. The molecule has 0 aliphatic carbocycles. The van der Waals surface area contributed by atoms with Crippen molar-refractivity contribution in [2.24, 2.45) is 10.9 Å². The molecular weight excluding hydrogens is 320 g/mol. The molecule has 146 valence electrons. The Balaban J connectivity index is 2.48. The minimum absolute atomic E-state index is 0.000172. The highest BCUT2D eigenvalue weighted by Gasteiger charge is 2.21. The van der Waals surface area contributed by atoms with Crippen LogP contribution < -0.4 is 10.6 Å². The van der Waals surface area contributed by atoms with E-state index in [1.165, 1.54) is 0 Å². The van der Waals surface area contributed by atoms with Crippen molar-refractivity contribution in [2.75, 3.05) is 40.4 Å². The largest absolute Gasteiger partial charge is 0.444 e. The van der Waals surface area contributed by atoms with Crippen LogP contribution in [0.2, 0.25) is 0 Å². The number of guanidine groups is 1. The monoisotopic (exact) mass is 356 g/mol. The van der Waals surface area contributed by atoms with E-state index in [-0.39, 0.29) is 12.1 Å². The molecule has 0 aromatic heterocycles.